The van der Waals surface area contributed by atoms with Crippen molar-refractivity contribution >= 4 is 52.0 Å². The van der Waals surface area contributed by atoms with Gasteiger partial charge in [-0.15, -0.1) is 0 Å². The Morgan fingerprint density at radius 3 is 2.35 bits per heavy atom. The largest absolute Gasteiger partial charge is 0.493 e. The van der Waals surface area contributed by atoms with E-state index in [4.69, 9.17) is 9.47 Å². The minimum atomic E-state index is -0.970. The van der Waals surface area contributed by atoms with Crippen LogP contribution in [-0.2, 0) is 20.1 Å². The number of hydrogen-bond donors (Lipinski definition) is 2. The van der Waals surface area contributed by atoms with Gasteiger partial charge in [0.2, 0.25) is 11.8 Å². The monoisotopic (exact) mass is 801 g/mol. The van der Waals surface area contributed by atoms with Gasteiger partial charge in [-0.05, 0) is 82.2 Å². The first-order valence-electron chi connectivity index (χ1n) is 20.3. The first-order chi connectivity index (χ1) is 27.7. The minimum absolute atomic E-state index is 0.0346. The van der Waals surface area contributed by atoms with Crippen LogP contribution in [0.1, 0.15) is 77.9 Å². The number of nitrogens with zero attached hydrogens (tertiary/aromatic N) is 5. The fraction of sp³-hybridized carbons (Fsp3) is 0.561. The number of imide groups is 2. The van der Waals surface area contributed by atoms with E-state index in [2.05, 4.69) is 30.0 Å². The lowest BCUT2D eigenvalue weighted by Crippen LogP contribution is -2.64. The molecular weight excluding hydrogens is 754 g/mol. The summed E-state index contributed by atoms with van der Waals surface area (Å²) in [7, 11) is 0. The highest BCUT2D eigenvalue weighted by Gasteiger charge is 2.45. The summed E-state index contributed by atoms with van der Waals surface area (Å²) in [6, 6.07) is 8.40. The van der Waals surface area contributed by atoms with E-state index in [0.717, 1.165) is 102 Å². The standard InChI is InChI=1S/C41H48FN7O7S/c42-32-18-28(19-33-37(32)39(52)44-35(43-33)23-57-29-9-15-55-16-10-29)56-22-24-5-11-47(12-6-24)27-20-48(21-27)25-7-13-46(14-8-25)26-1-2-30-31(17-26)41(54)49(40(30)53)34-3-4-36(50)45-38(34)51/h1-2,17-19,24-25,27,29,34H,3-16,20-23H2,(H,43,44,52)(H,45,50,51). The average Bonchev–Trinajstić information content (AvgIpc) is 3.44. The smallest absolute Gasteiger partial charge is 0.262 e. The van der Waals surface area contributed by atoms with Gasteiger partial charge in [0.1, 0.15) is 28.8 Å². The zero-order valence-corrected chi connectivity index (χ0v) is 32.7. The van der Waals surface area contributed by atoms with Crippen molar-refractivity contribution < 1.29 is 33.0 Å². The van der Waals surface area contributed by atoms with Crippen molar-refractivity contribution in [3.8, 4) is 5.75 Å². The van der Waals surface area contributed by atoms with Crippen LogP contribution in [0, 0.1) is 11.7 Å². The molecule has 0 bridgehead atoms. The lowest BCUT2D eigenvalue weighted by atomic mass is 9.92. The maximum absolute atomic E-state index is 15.1. The number of carbonyl (C=O) groups is 4. The van der Waals surface area contributed by atoms with Crippen LogP contribution in [0.4, 0.5) is 10.1 Å². The third-order valence-corrected chi connectivity index (χ3v) is 14.1. The lowest BCUT2D eigenvalue weighted by molar-refractivity contribution is -0.136. The second-order valence-corrected chi connectivity index (χ2v) is 17.5. The molecule has 16 heteroatoms. The maximum Gasteiger partial charge on any atom is 0.262 e. The zero-order chi connectivity index (χ0) is 39.2. The Kier molecular flexibility index (Phi) is 10.8. The summed E-state index contributed by atoms with van der Waals surface area (Å²) in [4.78, 5) is 79.0. The molecule has 6 aliphatic heterocycles. The van der Waals surface area contributed by atoms with Crippen LogP contribution in [0.2, 0.25) is 0 Å². The van der Waals surface area contributed by atoms with Crippen LogP contribution >= 0.6 is 11.8 Å². The van der Waals surface area contributed by atoms with Crippen molar-refractivity contribution in [1.82, 2.24) is 30.0 Å². The van der Waals surface area contributed by atoms with E-state index in [1.54, 1.807) is 30.0 Å². The van der Waals surface area contributed by atoms with E-state index in [1.165, 1.54) is 6.07 Å². The van der Waals surface area contributed by atoms with Gasteiger partial charge in [0.25, 0.3) is 17.4 Å². The molecule has 5 saturated heterocycles. The molecule has 9 rings (SSSR count). The number of ether oxygens (including phenoxy) is 2. The number of H-pyrrole nitrogens is 1. The maximum atomic E-state index is 15.1. The van der Waals surface area contributed by atoms with Gasteiger partial charge in [-0.25, -0.2) is 9.37 Å². The first-order valence-corrected chi connectivity index (χ1v) is 21.4. The SMILES string of the molecule is O=C1CCC(N2C(=O)c3ccc(N4CCC(N5CC(N6CCC(COc7cc(F)c8c(=O)[nH]c(CSC9CCOCC9)nc8c7)CC6)C5)CC4)cc3C2=O)C(=O)N1. The predicted octanol–water partition coefficient (Wildman–Crippen LogP) is 3.32. The number of piperidine rings is 3. The lowest BCUT2D eigenvalue weighted by Gasteiger charge is -2.52. The second kappa shape index (κ2) is 16.1. The molecule has 4 amide bonds. The van der Waals surface area contributed by atoms with Crippen LogP contribution in [0.5, 0.6) is 5.75 Å². The van der Waals surface area contributed by atoms with Gasteiger partial charge in [-0.2, -0.15) is 11.8 Å². The molecule has 0 saturated carbocycles. The van der Waals surface area contributed by atoms with Crippen LogP contribution in [0.15, 0.2) is 35.1 Å². The average molecular weight is 802 g/mol. The second-order valence-electron chi connectivity index (χ2n) is 16.2. The van der Waals surface area contributed by atoms with Gasteiger partial charge in [-0.1, -0.05) is 0 Å². The fourth-order valence-electron chi connectivity index (χ4n) is 9.30. The van der Waals surface area contributed by atoms with E-state index < -0.39 is 41.0 Å². The summed E-state index contributed by atoms with van der Waals surface area (Å²) in [6.45, 7) is 7.80. The molecule has 1 atom stereocenters. The number of carbonyl (C=O) groups excluding carboxylic acids is 4. The molecule has 1 unspecified atom stereocenters. The van der Waals surface area contributed by atoms with Gasteiger partial charge < -0.3 is 19.4 Å². The summed E-state index contributed by atoms with van der Waals surface area (Å²) in [5, 5.41) is 2.67. The first kappa shape index (κ1) is 38.2. The molecule has 6 aliphatic rings. The number of aromatic nitrogens is 2. The van der Waals surface area contributed by atoms with Gasteiger partial charge >= 0.3 is 0 Å². The molecule has 0 radical (unpaired) electrons. The number of aromatic amines is 1. The fourth-order valence-corrected chi connectivity index (χ4v) is 10.4. The van der Waals surface area contributed by atoms with E-state index >= 15 is 4.39 Å². The predicted molar refractivity (Wildman–Crippen MR) is 211 cm³/mol. The zero-order valence-electron chi connectivity index (χ0n) is 31.9. The highest BCUT2D eigenvalue weighted by molar-refractivity contribution is 7.99. The van der Waals surface area contributed by atoms with Crippen LogP contribution < -0.4 is 20.5 Å². The van der Waals surface area contributed by atoms with E-state index in [1.807, 2.05) is 6.07 Å². The topological polar surface area (TPSA) is 157 Å². The quantitative estimate of drug-likeness (QED) is 0.289. The molecule has 57 heavy (non-hydrogen) atoms. The molecule has 0 aliphatic carbocycles. The number of likely N-dealkylation sites (tertiary alicyclic amines) is 2. The third-order valence-electron chi connectivity index (χ3n) is 12.7. The molecule has 2 aromatic carbocycles. The highest BCUT2D eigenvalue weighted by Crippen LogP contribution is 2.34. The van der Waals surface area contributed by atoms with Crippen molar-refractivity contribution in [3.63, 3.8) is 0 Å². The van der Waals surface area contributed by atoms with E-state index in [-0.39, 0.29) is 18.2 Å². The Labute approximate surface area is 333 Å². The highest BCUT2D eigenvalue weighted by atomic mass is 32.2. The number of fused-ring (bicyclic) bond motifs is 2. The Hall–Kier alpha value is -4.38. The van der Waals surface area contributed by atoms with Crippen molar-refractivity contribution in [3.05, 3.63) is 63.5 Å². The normalized spacial score (nSPS) is 23.6. The van der Waals surface area contributed by atoms with E-state index in [0.29, 0.717) is 63.8 Å². The summed E-state index contributed by atoms with van der Waals surface area (Å²) < 4.78 is 26.6. The number of benzene rings is 2. The van der Waals surface area contributed by atoms with Crippen molar-refractivity contribution in [2.75, 3.05) is 64.0 Å². The van der Waals surface area contributed by atoms with Crippen molar-refractivity contribution in [2.24, 2.45) is 5.92 Å². The van der Waals surface area contributed by atoms with Crippen LogP contribution in [-0.4, -0.2) is 131 Å². The number of amides is 4. The minimum Gasteiger partial charge on any atom is -0.493 e. The van der Waals surface area contributed by atoms with Gasteiger partial charge in [0.05, 0.1) is 29.0 Å². The molecule has 7 heterocycles. The van der Waals surface area contributed by atoms with Crippen molar-refractivity contribution in [1.29, 1.82) is 0 Å². The Morgan fingerprint density at radius 2 is 1.60 bits per heavy atom. The molecule has 2 N–H and O–H groups in total. The number of hydrogen-bond acceptors (Lipinski definition) is 12. The molecule has 14 nitrogen and oxygen atoms in total. The van der Waals surface area contributed by atoms with Crippen molar-refractivity contribution in [2.45, 2.75) is 80.5 Å². The van der Waals surface area contributed by atoms with Gasteiger partial charge in [0, 0.05) is 81.0 Å². The van der Waals surface area contributed by atoms with E-state index in [9.17, 15) is 24.0 Å². The number of halogens is 1. The summed E-state index contributed by atoms with van der Waals surface area (Å²) >= 11 is 1.75. The molecule has 3 aromatic rings. The van der Waals surface area contributed by atoms with Gasteiger partial charge in [-0.3, -0.25) is 44.0 Å². The summed E-state index contributed by atoms with van der Waals surface area (Å²) in [5.74, 6) is -0.708. The van der Waals surface area contributed by atoms with Crippen LogP contribution in [0.3, 0.4) is 0 Å². The van der Waals surface area contributed by atoms with Gasteiger partial charge in [0.15, 0.2) is 0 Å². The third kappa shape index (κ3) is 7.80. The summed E-state index contributed by atoms with van der Waals surface area (Å²) in [6.07, 6.45) is 6.22. The molecular formula is C41H48FN7O7S. The number of rotatable bonds is 10. The molecule has 1 aromatic heterocycles. The number of thioether (sulfide) groups is 1. The Balaban J connectivity index is 0.716. The number of anilines is 1. The Morgan fingerprint density at radius 1 is 0.842 bits per heavy atom. The molecule has 5 fully saturated rings. The van der Waals surface area contributed by atoms with Crippen LogP contribution in [0.25, 0.3) is 10.9 Å². The molecule has 302 valence electrons. The number of nitrogens with one attached hydrogen (secondary N) is 2. The summed E-state index contributed by atoms with van der Waals surface area (Å²) in [5.41, 5.74) is 1.37. The Bertz CT molecular complexity index is 2120. The molecule has 0 spiro atoms.